The molecule has 0 aromatic heterocycles. The van der Waals surface area contributed by atoms with Crippen LogP contribution in [0.4, 0.5) is 11.4 Å². The van der Waals surface area contributed by atoms with Gasteiger partial charge in [0, 0.05) is 39.6 Å². The normalized spacial score (nSPS) is 10.3. The maximum Gasteiger partial charge on any atom is 0.338 e. The van der Waals surface area contributed by atoms with Crippen molar-refractivity contribution >= 4 is 23.3 Å². The zero-order valence-corrected chi connectivity index (χ0v) is 17.0. The Bertz CT molecular complexity index is 701. The maximum absolute atomic E-state index is 12.0. The van der Waals surface area contributed by atoms with Crippen LogP contribution in [0.25, 0.3) is 0 Å². The average Bonchev–Trinajstić information content (AvgIpc) is 2.70. The van der Waals surface area contributed by atoms with Gasteiger partial charge in [0.25, 0.3) is 0 Å². The van der Waals surface area contributed by atoms with Gasteiger partial charge < -0.3 is 19.3 Å². The molecule has 6 nitrogen and oxygen atoms in total. The molecule has 2 rings (SSSR count). The predicted molar refractivity (Wildman–Crippen MR) is 111 cm³/mol. The number of anilines is 2. The SMILES string of the molecule is CN(C)c1ccc(C(=O)OCCCCOC(=O)c2ccc(N(C)C)cc2)cc1. The van der Waals surface area contributed by atoms with E-state index in [9.17, 15) is 9.59 Å². The molecule has 6 heteroatoms. The predicted octanol–water partition coefficient (Wildman–Crippen LogP) is 3.61. The smallest absolute Gasteiger partial charge is 0.338 e. The summed E-state index contributed by atoms with van der Waals surface area (Å²) in [7, 11) is 7.77. The number of esters is 2. The Kier molecular flexibility index (Phi) is 7.87. The first kappa shape index (κ1) is 21.3. The molecular formula is C22H28N2O4. The van der Waals surface area contributed by atoms with Gasteiger partial charge in [-0.05, 0) is 61.4 Å². The van der Waals surface area contributed by atoms with Gasteiger partial charge in [0.1, 0.15) is 0 Å². The van der Waals surface area contributed by atoms with Crippen LogP contribution in [0.2, 0.25) is 0 Å². The summed E-state index contributed by atoms with van der Waals surface area (Å²) in [6, 6.07) is 14.5. The van der Waals surface area contributed by atoms with E-state index in [-0.39, 0.29) is 11.9 Å². The van der Waals surface area contributed by atoms with E-state index < -0.39 is 0 Å². The summed E-state index contributed by atoms with van der Waals surface area (Å²) in [5.41, 5.74) is 3.10. The largest absolute Gasteiger partial charge is 0.462 e. The number of hydrogen-bond donors (Lipinski definition) is 0. The first-order valence-corrected chi connectivity index (χ1v) is 9.27. The van der Waals surface area contributed by atoms with E-state index in [0.717, 1.165) is 11.4 Å². The van der Waals surface area contributed by atoms with Gasteiger partial charge in [-0.1, -0.05) is 0 Å². The Morgan fingerprint density at radius 3 is 1.25 bits per heavy atom. The van der Waals surface area contributed by atoms with Crippen molar-refractivity contribution in [3.05, 3.63) is 59.7 Å². The second-order valence-corrected chi connectivity index (χ2v) is 6.86. The van der Waals surface area contributed by atoms with Crippen LogP contribution in [0.1, 0.15) is 33.6 Å². The van der Waals surface area contributed by atoms with Crippen LogP contribution in [-0.4, -0.2) is 53.3 Å². The topological polar surface area (TPSA) is 59.1 Å². The van der Waals surface area contributed by atoms with Crippen molar-refractivity contribution in [3.8, 4) is 0 Å². The Balaban J connectivity index is 1.64. The van der Waals surface area contributed by atoms with Gasteiger partial charge in [-0.25, -0.2) is 9.59 Å². The molecule has 0 spiro atoms. The fraction of sp³-hybridized carbons (Fsp3) is 0.364. The van der Waals surface area contributed by atoms with Gasteiger partial charge in [0.2, 0.25) is 0 Å². The van der Waals surface area contributed by atoms with Crippen LogP contribution < -0.4 is 9.80 Å². The van der Waals surface area contributed by atoms with Gasteiger partial charge in [-0.15, -0.1) is 0 Å². The molecule has 0 fully saturated rings. The zero-order chi connectivity index (χ0) is 20.5. The molecule has 2 aromatic rings. The number of ether oxygens (including phenoxy) is 2. The van der Waals surface area contributed by atoms with E-state index in [1.807, 2.05) is 62.3 Å². The summed E-state index contributed by atoms with van der Waals surface area (Å²) < 4.78 is 10.5. The molecule has 150 valence electrons. The Morgan fingerprint density at radius 1 is 0.643 bits per heavy atom. The molecule has 0 unspecified atom stereocenters. The zero-order valence-electron chi connectivity index (χ0n) is 17.0. The highest BCUT2D eigenvalue weighted by molar-refractivity contribution is 5.90. The molecule has 0 saturated carbocycles. The molecule has 2 aromatic carbocycles. The third kappa shape index (κ3) is 6.30. The van der Waals surface area contributed by atoms with Crippen molar-refractivity contribution in [2.45, 2.75) is 12.8 Å². The third-order valence-electron chi connectivity index (χ3n) is 4.24. The number of benzene rings is 2. The van der Waals surface area contributed by atoms with Gasteiger partial charge in [-0.3, -0.25) is 0 Å². The molecule has 0 bridgehead atoms. The monoisotopic (exact) mass is 384 g/mol. The molecule has 0 aliphatic rings. The van der Waals surface area contributed by atoms with Crippen molar-refractivity contribution in [3.63, 3.8) is 0 Å². The minimum atomic E-state index is -0.344. The number of carbonyl (C=O) groups is 2. The summed E-state index contributed by atoms with van der Waals surface area (Å²) in [6.45, 7) is 0.590. The number of nitrogens with zero attached hydrogens (tertiary/aromatic N) is 2. The van der Waals surface area contributed by atoms with Crippen LogP contribution in [0.5, 0.6) is 0 Å². The van der Waals surface area contributed by atoms with Crippen LogP contribution >= 0.6 is 0 Å². The van der Waals surface area contributed by atoms with E-state index >= 15 is 0 Å². The molecule has 28 heavy (non-hydrogen) atoms. The van der Waals surface area contributed by atoms with E-state index in [2.05, 4.69) is 0 Å². The maximum atomic E-state index is 12.0. The lowest BCUT2D eigenvalue weighted by Gasteiger charge is -2.12. The van der Waals surface area contributed by atoms with E-state index in [1.165, 1.54) is 0 Å². The number of rotatable bonds is 9. The summed E-state index contributed by atoms with van der Waals surface area (Å²) in [5, 5.41) is 0. The molecule has 0 aliphatic carbocycles. The second kappa shape index (κ2) is 10.3. The van der Waals surface area contributed by atoms with Crippen LogP contribution in [0.15, 0.2) is 48.5 Å². The van der Waals surface area contributed by atoms with Crippen LogP contribution in [0.3, 0.4) is 0 Å². The Labute approximate surface area is 166 Å². The number of hydrogen-bond acceptors (Lipinski definition) is 6. The fourth-order valence-electron chi connectivity index (χ4n) is 2.49. The lowest BCUT2D eigenvalue weighted by Crippen LogP contribution is -2.11. The van der Waals surface area contributed by atoms with E-state index in [4.69, 9.17) is 9.47 Å². The van der Waals surface area contributed by atoms with Crippen molar-refractivity contribution in [2.75, 3.05) is 51.2 Å². The summed E-state index contributed by atoms with van der Waals surface area (Å²) in [6.07, 6.45) is 1.27. The lowest BCUT2D eigenvalue weighted by molar-refractivity contribution is 0.0432. The molecule has 0 radical (unpaired) electrons. The van der Waals surface area contributed by atoms with Gasteiger partial charge in [0.15, 0.2) is 0 Å². The molecule has 0 saturated heterocycles. The highest BCUT2D eigenvalue weighted by atomic mass is 16.5. The third-order valence-corrected chi connectivity index (χ3v) is 4.24. The number of carbonyl (C=O) groups excluding carboxylic acids is 2. The quantitative estimate of drug-likeness (QED) is 0.486. The van der Waals surface area contributed by atoms with Crippen LogP contribution in [0, 0.1) is 0 Å². The number of unbranched alkanes of at least 4 members (excludes halogenated alkanes) is 1. The summed E-state index contributed by atoms with van der Waals surface area (Å²) >= 11 is 0. The molecule has 0 heterocycles. The standard InChI is InChI=1S/C22H28N2O4/c1-23(2)19-11-7-17(8-12-19)21(25)27-15-5-6-16-28-22(26)18-9-13-20(14-10-18)24(3)4/h7-14H,5-6,15-16H2,1-4H3. The Hall–Kier alpha value is -3.02. The minimum Gasteiger partial charge on any atom is -0.462 e. The first-order chi connectivity index (χ1) is 13.4. The van der Waals surface area contributed by atoms with Gasteiger partial charge in [-0.2, -0.15) is 0 Å². The van der Waals surface area contributed by atoms with Crippen LogP contribution in [-0.2, 0) is 9.47 Å². The molecule has 0 N–H and O–H groups in total. The lowest BCUT2D eigenvalue weighted by atomic mass is 10.2. The van der Waals surface area contributed by atoms with Crippen molar-refractivity contribution in [1.82, 2.24) is 0 Å². The molecule has 0 aliphatic heterocycles. The fourth-order valence-corrected chi connectivity index (χ4v) is 2.49. The van der Waals surface area contributed by atoms with Crippen molar-refractivity contribution in [1.29, 1.82) is 0 Å². The molecule has 0 amide bonds. The van der Waals surface area contributed by atoms with E-state index in [1.54, 1.807) is 24.3 Å². The molecular weight excluding hydrogens is 356 g/mol. The van der Waals surface area contributed by atoms with Gasteiger partial charge >= 0.3 is 11.9 Å². The molecule has 0 atom stereocenters. The Morgan fingerprint density at radius 2 is 0.964 bits per heavy atom. The van der Waals surface area contributed by atoms with Crippen molar-refractivity contribution < 1.29 is 19.1 Å². The highest BCUT2D eigenvalue weighted by Gasteiger charge is 2.09. The summed E-state index contributed by atoms with van der Waals surface area (Å²) in [4.78, 5) is 27.9. The van der Waals surface area contributed by atoms with Gasteiger partial charge in [0.05, 0.1) is 24.3 Å². The highest BCUT2D eigenvalue weighted by Crippen LogP contribution is 2.14. The average molecular weight is 384 g/mol. The second-order valence-electron chi connectivity index (χ2n) is 6.86. The van der Waals surface area contributed by atoms with E-state index in [0.29, 0.717) is 37.2 Å². The van der Waals surface area contributed by atoms with Crippen molar-refractivity contribution in [2.24, 2.45) is 0 Å². The minimum absolute atomic E-state index is 0.295. The summed E-state index contributed by atoms with van der Waals surface area (Å²) in [5.74, 6) is -0.688. The first-order valence-electron chi connectivity index (χ1n) is 9.27.